The van der Waals surface area contributed by atoms with Crippen LogP contribution in [0.15, 0.2) is 41.8 Å². The van der Waals surface area contributed by atoms with Crippen LogP contribution in [0.1, 0.15) is 35.7 Å². The first-order valence-corrected chi connectivity index (χ1v) is 11.4. The summed E-state index contributed by atoms with van der Waals surface area (Å²) in [4.78, 5) is 37.8. The minimum atomic E-state index is -0.953. The number of hydrogen-bond donors (Lipinski definition) is 2. The molecule has 4 atom stereocenters. The summed E-state index contributed by atoms with van der Waals surface area (Å²) in [5.41, 5.74) is 2.98. The number of carbonyl (C=O) groups excluding carboxylic acids is 2. The van der Waals surface area contributed by atoms with Crippen molar-refractivity contribution in [2.24, 2.45) is 23.7 Å². The van der Waals surface area contributed by atoms with Crippen LogP contribution in [0.25, 0.3) is 11.1 Å². The highest BCUT2D eigenvalue weighted by Crippen LogP contribution is 2.49. The summed E-state index contributed by atoms with van der Waals surface area (Å²) >= 11 is 1.26. The van der Waals surface area contributed by atoms with Crippen LogP contribution in [0.3, 0.4) is 0 Å². The van der Waals surface area contributed by atoms with Crippen molar-refractivity contribution in [2.45, 2.75) is 26.7 Å². The number of fused-ring (bicyclic) bond motifs is 2. The molecular formula is C24H25NO5S. The number of allylic oxidation sites excluding steroid dienone is 2. The smallest absolute Gasteiger partial charge is 0.341 e. The van der Waals surface area contributed by atoms with Gasteiger partial charge in [-0.1, -0.05) is 48.9 Å². The molecule has 2 N–H and O–H groups in total. The van der Waals surface area contributed by atoms with E-state index in [0.29, 0.717) is 29.0 Å². The molecule has 162 valence electrons. The van der Waals surface area contributed by atoms with Crippen molar-refractivity contribution >= 4 is 34.2 Å². The Balaban J connectivity index is 1.65. The fourth-order valence-electron chi connectivity index (χ4n) is 4.58. The van der Waals surface area contributed by atoms with Crippen LogP contribution in [0.4, 0.5) is 5.00 Å². The molecule has 1 heterocycles. The molecule has 4 rings (SSSR count). The second-order valence-electron chi connectivity index (χ2n) is 8.18. The molecule has 2 aromatic rings. The number of aliphatic carboxylic acids is 1. The van der Waals surface area contributed by atoms with Crippen LogP contribution >= 0.6 is 11.3 Å². The Morgan fingerprint density at radius 3 is 2.45 bits per heavy atom. The zero-order chi connectivity index (χ0) is 22.1. The Morgan fingerprint density at radius 1 is 1.13 bits per heavy atom. The molecule has 1 aromatic carbocycles. The van der Waals surface area contributed by atoms with E-state index in [1.165, 1.54) is 11.3 Å². The minimum absolute atomic E-state index is 0.0851. The molecular weight excluding hydrogens is 414 g/mol. The monoisotopic (exact) mass is 439 g/mol. The van der Waals surface area contributed by atoms with E-state index < -0.39 is 23.8 Å². The lowest BCUT2D eigenvalue weighted by Gasteiger charge is -2.23. The molecule has 7 heteroatoms. The van der Waals surface area contributed by atoms with Gasteiger partial charge in [-0.25, -0.2) is 4.79 Å². The summed E-state index contributed by atoms with van der Waals surface area (Å²) in [7, 11) is 0. The van der Waals surface area contributed by atoms with E-state index in [9.17, 15) is 19.5 Å². The van der Waals surface area contributed by atoms with Gasteiger partial charge in [0, 0.05) is 10.9 Å². The average molecular weight is 440 g/mol. The quantitative estimate of drug-likeness (QED) is 0.480. The summed E-state index contributed by atoms with van der Waals surface area (Å²) in [6, 6.07) is 7.79. The maximum atomic E-state index is 13.1. The number of anilines is 1. The van der Waals surface area contributed by atoms with Gasteiger partial charge in [0.05, 0.1) is 18.4 Å². The van der Waals surface area contributed by atoms with Crippen LogP contribution in [0, 0.1) is 30.6 Å². The number of aryl methyl sites for hydroxylation is 1. The lowest BCUT2D eigenvalue weighted by atomic mass is 9.82. The van der Waals surface area contributed by atoms with Crippen LogP contribution in [-0.4, -0.2) is 29.6 Å². The predicted octanol–water partition coefficient (Wildman–Crippen LogP) is 4.75. The third-order valence-electron chi connectivity index (χ3n) is 6.08. The molecule has 6 nitrogen and oxygen atoms in total. The largest absolute Gasteiger partial charge is 0.481 e. The second-order valence-corrected chi connectivity index (χ2v) is 9.06. The third-order valence-corrected chi connectivity index (χ3v) is 6.97. The van der Waals surface area contributed by atoms with Gasteiger partial charge in [-0.2, -0.15) is 0 Å². The number of hydrogen-bond acceptors (Lipinski definition) is 5. The van der Waals surface area contributed by atoms with Crippen LogP contribution in [-0.2, 0) is 14.3 Å². The van der Waals surface area contributed by atoms with Crippen molar-refractivity contribution in [1.82, 2.24) is 0 Å². The van der Waals surface area contributed by atoms with Gasteiger partial charge in [-0.05, 0) is 37.2 Å². The maximum Gasteiger partial charge on any atom is 0.341 e. The zero-order valence-electron chi connectivity index (χ0n) is 17.5. The number of amides is 1. The van der Waals surface area contributed by atoms with Gasteiger partial charge in [-0.15, -0.1) is 11.3 Å². The van der Waals surface area contributed by atoms with E-state index in [1.807, 2.05) is 55.6 Å². The van der Waals surface area contributed by atoms with Gasteiger partial charge in [0.15, 0.2) is 0 Å². The number of esters is 1. The first kappa shape index (κ1) is 21.3. The van der Waals surface area contributed by atoms with Crippen molar-refractivity contribution in [3.63, 3.8) is 0 Å². The summed E-state index contributed by atoms with van der Waals surface area (Å²) in [5.74, 6) is -3.37. The molecule has 2 aliphatic rings. The Morgan fingerprint density at radius 2 is 1.81 bits per heavy atom. The zero-order valence-corrected chi connectivity index (χ0v) is 18.3. The first-order chi connectivity index (χ1) is 14.9. The summed E-state index contributed by atoms with van der Waals surface area (Å²) in [5, 5.41) is 14.7. The van der Waals surface area contributed by atoms with E-state index in [4.69, 9.17) is 4.74 Å². The fraction of sp³-hybridized carbons (Fsp3) is 0.375. The first-order valence-electron chi connectivity index (χ1n) is 10.5. The fourth-order valence-corrected chi connectivity index (χ4v) is 5.54. The molecule has 1 amide bonds. The Labute approximate surface area is 184 Å². The Hall–Kier alpha value is -2.93. The second kappa shape index (κ2) is 8.67. The highest BCUT2D eigenvalue weighted by atomic mass is 32.1. The molecule has 1 fully saturated rings. The normalized spacial score (nSPS) is 23.7. The van der Waals surface area contributed by atoms with E-state index >= 15 is 0 Å². The van der Waals surface area contributed by atoms with Crippen molar-refractivity contribution in [3.05, 3.63) is 52.9 Å². The molecule has 0 saturated heterocycles. The Kier molecular flexibility index (Phi) is 5.96. The number of benzene rings is 1. The van der Waals surface area contributed by atoms with Crippen LogP contribution in [0.5, 0.6) is 0 Å². The maximum absolute atomic E-state index is 13.1. The minimum Gasteiger partial charge on any atom is -0.481 e. The highest BCUT2D eigenvalue weighted by molar-refractivity contribution is 7.15. The molecule has 0 spiro atoms. The van der Waals surface area contributed by atoms with E-state index in [0.717, 1.165) is 11.1 Å². The van der Waals surface area contributed by atoms with E-state index in [2.05, 4.69) is 5.32 Å². The van der Waals surface area contributed by atoms with E-state index in [-0.39, 0.29) is 24.3 Å². The highest BCUT2D eigenvalue weighted by Gasteiger charge is 2.51. The van der Waals surface area contributed by atoms with E-state index in [1.54, 1.807) is 0 Å². The van der Waals surface area contributed by atoms with Crippen LogP contribution < -0.4 is 5.32 Å². The van der Waals surface area contributed by atoms with Crippen molar-refractivity contribution in [2.75, 3.05) is 11.9 Å². The van der Waals surface area contributed by atoms with Crippen molar-refractivity contribution in [1.29, 1.82) is 0 Å². The predicted molar refractivity (Wildman–Crippen MR) is 119 cm³/mol. The van der Waals surface area contributed by atoms with Crippen LogP contribution in [0.2, 0.25) is 0 Å². The number of rotatable bonds is 7. The summed E-state index contributed by atoms with van der Waals surface area (Å²) < 4.78 is 5.39. The van der Waals surface area contributed by atoms with Gasteiger partial charge in [0.1, 0.15) is 10.6 Å². The molecule has 2 aliphatic carbocycles. The molecule has 1 aromatic heterocycles. The number of carboxylic acid groups (broad SMARTS) is 1. The van der Waals surface area contributed by atoms with Gasteiger partial charge < -0.3 is 15.2 Å². The number of ether oxygens (including phenoxy) is 1. The SMILES string of the molecule is CCCOC(=O)c1c(-c2ccc(C)cc2)csc1NC(=O)[C@@H]1[C@@H](C(=O)O)[C@H]2C=C[C@H]1C2. The van der Waals surface area contributed by atoms with Gasteiger partial charge in [0.2, 0.25) is 5.91 Å². The molecule has 1 saturated carbocycles. The topological polar surface area (TPSA) is 92.7 Å². The lowest BCUT2D eigenvalue weighted by molar-refractivity contribution is -0.146. The number of nitrogens with one attached hydrogen (secondary N) is 1. The third kappa shape index (κ3) is 4.02. The summed E-state index contributed by atoms with van der Waals surface area (Å²) in [6.45, 7) is 4.19. The average Bonchev–Trinajstić information content (AvgIpc) is 3.47. The number of carboxylic acids is 1. The molecule has 0 radical (unpaired) electrons. The summed E-state index contributed by atoms with van der Waals surface area (Å²) in [6.07, 6.45) is 5.22. The van der Waals surface area contributed by atoms with Gasteiger partial charge >= 0.3 is 11.9 Å². The standard InChI is InChI=1S/C24H25NO5S/c1-3-10-30-24(29)20-17(14-6-4-13(2)5-7-14)12-31-22(20)25-21(26)18-15-8-9-16(11-15)19(18)23(27)28/h4-9,12,15-16,18-19H,3,10-11H2,1-2H3,(H,25,26)(H,27,28)/t15-,16-,18-,19-/m0/s1. The molecule has 0 unspecified atom stereocenters. The van der Waals surface area contributed by atoms with Gasteiger partial charge in [0.25, 0.3) is 0 Å². The molecule has 0 aliphatic heterocycles. The lowest BCUT2D eigenvalue weighted by Crippen LogP contribution is -2.36. The molecule has 2 bridgehead atoms. The van der Waals surface area contributed by atoms with Crippen molar-refractivity contribution < 1.29 is 24.2 Å². The Bertz CT molecular complexity index is 1040. The number of thiophene rings is 1. The molecule has 31 heavy (non-hydrogen) atoms. The van der Waals surface area contributed by atoms with Gasteiger partial charge in [-0.3, -0.25) is 9.59 Å². The van der Waals surface area contributed by atoms with Crippen molar-refractivity contribution in [3.8, 4) is 11.1 Å². The number of carbonyl (C=O) groups is 3.